The lowest BCUT2D eigenvalue weighted by Gasteiger charge is -2.14. The Morgan fingerprint density at radius 1 is 0.938 bits per heavy atom. The van der Waals surface area contributed by atoms with E-state index in [1.807, 2.05) is 45.0 Å². The molecule has 0 saturated heterocycles. The van der Waals surface area contributed by atoms with Crippen LogP contribution in [0.2, 0.25) is 0 Å². The highest BCUT2D eigenvalue weighted by molar-refractivity contribution is 5.98. The van der Waals surface area contributed by atoms with Crippen LogP contribution in [0.25, 0.3) is 0 Å². The average molecular weight is 438 g/mol. The first-order valence-corrected chi connectivity index (χ1v) is 10.1. The number of furan rings is 1. The molecule has 8 nitrogen and oxygen atoms in total. The molecule has 2 aromatic carbocycles. The second kappa shape index (κ2) is 10.4. The van der Waals surface area contributed by atoms with Gasteiger partial charge in [-0.1, -0.05) is 17.7 Å². The standard InChI is InChI=1S/C24H26N2O6/c1-15(2)31-20-11-7-17(13-22(20)29-4)23(27)25-26-24(28)21-12-10-19(32-21)14-30-18-8-5-16(3)6-9-18/h5-13,15H,14H2,1-4H3,(H,25,27)(H,26,28). The summed E-state index contributed by atoms with van der Waals surface area (Å²) in [6.45, 7) is 5.95. The summed E-state index contributed by atoms with van der Waals surface area (Å²) in [5, 5.41) is 0. The molecular weight excluding hydrogens is 412 g/mol. The maximum atomic E-state index is 12.4. The molecule has 0 bridgehead atoms. The van der Waals surface area contributed by atoms with Gasteiger partial charge in [0, 0.05) is 5.56 Å². The minimum atomic E-state index is -0.591. The van der Waals surface area contributed by atoms with Crippen LogP contribution in [-0.4, -0.2) is 25.0 Å². The second-order valence-electron chi connectivity index (χ2n) is 7.31. The molecule has 1 aromatic heterocycles. The van der Waals surface area contributed by atoms with Gasteiger partial charge < -0.3 is 18.6 Å². The molecule has 0 spiro atoms. The maximum Gasteiger partial charge on any atom is 0.305 e. The van der Waals surface area contributed by atoms with Crippen LogP contribution < -0.4 is 25.1 Å². The summed E-state index contributed by atoms with van der Waals surface area (Å²) in [4.78, 5) is 24.7. The zero-order valence-corrected chi connectivity index (χ0v) is 18.4. The van der Waals surface area contributed by atoms with E-state index in [4.69, 9.17) is 18.6 Å². The van der Waals surface area contributed by atoms with E-state index in [1.54, 1.807) is 18.2 Å². The van der Waals surface area contributed by atoms with Gasteiger partial charge in [0.15, 0.2) is 17.3 Å². The summed E-state index contributed by atoms with van der Waals surface area (Å²) in [6.07, 6.45) is -0.0386. The molecule has 0 unspecified atom stereocenters. The average Bonchev–Trinajstić information content (AvgIpc) is 3.26. The molecule has 32 heavy (non-hydrogen) atoms. The quantitative estimate of drug-likeness (QED) is 0.515. The molecule has 2 amide bonds. The van der Waals surface area contributed by atoms with Crippen molar-refractivity contribution in [3.63, 3.8) is 0 Å². The number of nitrogens with one attached hydrogen (secondary N) is 2. The van der Waals surface area contributed by atoms with Crippen molar-refractivity contribution < 1.29 is 28.2 Å². The molecule has 1 heterocycles. The molecule has 2 N–H and O–H groups in total. The molecule has 0 aliphatic heterocycles. The zero-order valence-electron chi connectivity index (χ0n) is 18.4. The molecule has 0 radical (unpaired) electrons. The Hall–Kier alpha value is -3.94. The normalized spacial score (nSPS) is 10.5. The van der Waals surface area contributed by atoms with Crippen LogP contribution in [0.1, 0.15) is 46.1 Å². The molecular formula is C24H26N2O6. The van der Waals surface area contributed by atoms with Gasteiger partial charge in [0.05, 0.1) is 13.2 Å². The van der Waals surface area contributed by atoms with Gasteiger partial charge >= 0.3 is 5.91 Å². The number of benzene rings is 2. The summed E-state index contributed by atoms with van der Waals surface area (Å²) in [7, 11) is 1.49. The minimum Gasteiger partial charge on any atom is -0.493 e. The molecule has 0 fully saturated rings. The number of hydrazine groups is 1. The number of carbonyl (C=O) groups is 2. The van der Waals surface area contributed by atoms with E-state index in [0.29, 0.717) is 28.6 Å². The van der Waals surface area contributed by atoms with Crippen molar-refractivity contribution in [2.75, 3.05) is 7.11 Å². The predicted octanol–water partition coefficient (Wildman–Crippen LogP) is 4.04. The van der Waals surface area contributed by atoms with Gasteiger partial charge in [0.2, 0.25) is 0 Å². The van der Waals surface area contributed by atoms with Crippen LogP contribution in [0.5, 0.6) is 17.2 Å². The number of hydrogen-bond acceptors (Lipinski definition) is 6. The third-order valence-corrected chi connectivity index (χ3v) is 4.37. The SMILES string of the molecule is COc1cc(C(=O)NNC(=O)c2ccc(COc3ccc(C)cc3)o2)ccc1OC(C)C. The predicted molar refractivity (Wildman–Crippen MR) is 118 cm³/mol. The van der Waals surface area contributed by atoms with Crippen LogP contribution in [0.4, 0.5) is 0 Å². The third kappa shape index (κ3) is 6.04. The van der Waals surface area contributed by atoms with Gasteiger partial charge in [-0.3, -0.25) is 20.4 Å². The Balaban J connectivity index is 1.54. The number of methoxy groups -OCH3 is 1. The van der Waals surface area contributed by atoms with Gasteiger partial charge in [-0.05, 0) is 63.2 Å². The summed E-state index contributed by atoms with van der Waals surface area (Å²) in [6, 6.07) is 15.5. The number of rotatable bonds is 8. The van der Waals surface area contributed by atoms with Crippen molar-refractivity contribution in [3.05, 3.63) is 77.2 Å². The van der Waals surface area contributed by atoms with E-state index in [2.05, 4.69) is 10.9 Å². The number of carbonyl (C=O) groups excluding carboxylic acids is 2. The molecule has 3 rings (SSSR count). The van der Waals surface area contributed by atoms with E-state index in [9.17, 15) is 9.59 Å². The topological polar surface area (TPSA) is 99.0 Å². The van der Waals surface area contributed by atoms with E-state index in [1.165, 1.54) is 19.2 Å². The van der Waals surface area contributed by atoms with Crippen molar-refractivity contribution in [1.82, 2.24) is 10.9 Å². The zero-order chi connectivity index (χ0) is 23.1. The fraction of sp³-hybridized carbons (Fsp3) is 0.250. The number of aryl methyl sites for hydroxylation is 1. The van der Waals surface area contributed by atoms with Gasteiger partial charge in [-0.25, -0.2) is 0 Å². The van der Waals surface area contributed by atoms with Crippen LogP contribution in [0, 0.1) is 6.92 Å². The largest absolute Gasteiger partial charge is 0.493 e. The number of amides is 2. The summed E-state index contributed by atoms with van der Waals surface area (Å²) >= 11 is 0. The van der Waals surface area contributed by atoms with Crippen LogP contribution in [-0.2, 0) is 6.61 Å². The monoisotopic (exact) mass is 438 g/mol. The first kappa shape index (κ1) is 22.7. The summed E-state index contributed by atoms with van der Waals surface area (Å²) < 4.78 is 22.0. The Morgan fingerprint density at radius 3 is 2.34 bits per heavy atom. The lowest BCUT2D eigenvalue weighted by molar-refractivity contribution is 0.0828. The molecule has 8 heteroatoms. The van der Waals surface area contributed by atoms with E-state index >= 15 is 0 Å². The second-order valence-corrected chi connectivity index (χ2v) is 7.31. The lowest BCUT2D eigenvalue weighted by atomic mass is 10.2. The Morgan fingerprint density at radius 2 is 1.66 bits per heavy atom. The van der Waals surface area contributed by atoms with Gasteiger partial charge in [-0.15, -0.1) is 0 Å². The van der Waals surface area contributed by atoms with E-state index in [-0.39, 0.29) is 18.5 Å². The highest BCUT2D eigenvalue weighted by Crippen LogP contribution is 2.28. The fourth-order valence-electron chi connectivity index (χ4n) is 2.77. The summed E-state index contributed by atoms with van der Waals surface area (Å²) in [5.41, 5.74) is 6.11. The van der Waals surface area contributed by atoms with Crippen molar-refractivity contribution in [1.29, 1.82) is 0 Å². The Kier molecular flexibility index (Phi) is 7.38. The smallest absolute Gasteiger partial charge is 0.305 e. The highest BCUT2D eigenvalue weighted by atomic mass is 16.5. The molecule has 0 aliphatic rings. The van der Waals surface area contributed by atoms with Crippen molar-refractivity contribution >= 4 is 11.8 Å². The first-order valence-electron chi connectivity index (χ1n) is 10.1. The van der Waals surface area contributed by atoms with E-state index < -0.39 is 11.8 Å². The fourth-order valence-corrected chi connectivity index (χ4v) is 2.77. The molecule has 0 saturated carbocycles. The Labute approximate surface area is 186 Å². The number of ether oxygens (including phenoxy) is 3. The van der Waals surface area contributed by atoms with Crippen molar-refractivity contribution in [3.8, 4) is 17.2 Å². The van der Waals surface area contributed by atoms with Crippen molar-refractivity contribution in [2.45, 2.75) is 33.5 Å². The van der Waals surface area contributed by atoms with E-state index in [0.717, 1.165) is 5.56 Å². The van der Waals surface area contributed by atoms with Crippen LogP contribution in [0.3, 0.4) is 0 Å². The lowest BCUT2D eigenvalue weighted by Crippen LogP contribution is -2.41. The molecule has 0 atom stereocenters. The highest BCUT2D eigenvalue weighted by Gasteiger charge is 2.15. The molecule has 3 aromatic rings. The summed E-state index contributed by atoms with van der Waals surface area (Å²) in [5.74, 6) is 1.07. The van der Waals surface area contributed by atoms with Crippen LogP contribution in [0.15, 0.2) is 59.0 Å². The first-order chi connectivity index (χ1) is 15.4. The Bertz CT molecular complexity index is 1070. The van der Waals surface area contributed by atoms with Crippen LogP contribution >= 0.6 is 0 Å². The minimum absolute atomic E-state index is 0.0386. The van der Waals surface area contributed by atoms with Gasteiger partial charge in [0.1, 0.15) is 18.1 Å². The molecule has 0 aliphatic carbocycles. The third-order valence-electron chi connectivity index (χ3n) is 4.37. The maximum absolute atomic E-state index is 12.4. The molecule has 168 valence electrons. The number of hydrogen-bond donors (Lipinski definition) is 2. The van der Waals surface area contributed by atoms with Gasteiger partial charge in [-0.2, -0.15) is 0 Å². The van der Waals surface area contributed by atoms with Crippen molar-refractivity contribution in [2.24, 2.45) is 0 Å². The van der Waals surface area contributed by atoms with Gasteiger partial charge in [0.25, 0.3) is 5.91 Å².